The zero-order valence-electron chi connectivity index (χ0n) is 14.6. The highest BCUT2D eigenvalue weighted by Gasteiger charge is 2.43. The highest BCUT2D eigenvalue weighted by Crippen LogP contribution is 2.40. The lowest BCUT2D eigenvalue weighted by Gasteiger charge is -2.40. The molecule has 0 bridgehead atoms. The summed E-state index contributed by atoms with van der Waals surface area (Å²) in [4.78, 5) is 17.9. The van der Waals surface area contributed by atoms with Gasteiger partial charge in [0.25, 0.3) is 5.91 Å². The van der Waals surface area contributed by atoms with Crippen LogP contribution in [0.1, 0.15) is 34.5 Å². The standard InChI is InChI=1S/C20H22ClFN2OS/c21-18-7-6-17(26-18)19(25)24-11-9-20(14-24)8-1-10-23(13-20)12-15-2-4-16(22)5-3-15/h2-7H,1,8-14H2. The van der Waals surface area contributed by atoms with E-state index in [1.165, 1.54) is 29.9 Å². The van der Waals surface area contributed by atoms with Crippen molar-refractivity contribution in [3.63, 3.8) is 0 Å². The Morgan fingerprint density at radius 2 is 1.92 bits per heavy atom. The van der Waals surface area contributed by atoms with Gasteiger partial charge in [0, 0.05) is 31.6 Å². The smallest absolute Gasteiger partial charge is 0.263 e. The highest BCUT2D eigenvalue weighted by molar-refractivity contribution is 7.17. The number of carbonyl (C=O) groups is 1. The van der Waals surface area contributed by atoms with Crippen LogP contribution in [0.3, 0.4) is 0 Å². The second-order valence-corrected chi connectivity index (χ2v) is 9.24. The summed E-state index contributed by atoms with van der Waals surface area (Å²) in [5.41, 5.74) is 1.33. The second-order valence-electron chi connectivity index (χ2n) is 7.52. The Bertz CT molecular complexity index is 793. The third-order valence-corrected chi connectivity index (χ3v) is 6.79. The van der Waals surface area contributed by atoms with E-state index in [-0.39, 0.29) is 17.1 Å². The van der Waals surface area contributed by atoms with Crippen molar-refractivity contribution in [3.05, 3.63) is 57.0 Å². The molecule has 1 aromatic heterocycles. The molecule has 1 amide bonds. The minimum absolute atomic E-state index is 0.106. The van der Waals surface area contributed by atoms with Crippen LogP contribution in [0.5, 0.6) is 0 Å². The van der Waals surface area contributed by atoms with E-state index in [0.717, 1.165) is 56.0 Å². The van der Waals surface area contributed by atoms with Gasteiger partial charge in [-0.3, -0.25) is 9.69 Å². The van der Waals surface area contributed by atoms with Gasteiger partial charge in [-0.25, -0.2) is 4.39 Å². The molecule has 2 aromatic rings. The molecule has 3 nitrogen and oxygen atoms in total. The molecule has 1 spiro atoms. The zero-order valence-corrected chi connectivity index (χ0v) is 16.2. The lowest BCUT2D eigenvalue weighted by atomic mass is 9.79. The molecule has 0 aliphatic carbocycles. The van der Waals surface area contributed by atoms with E-state index < -0.39 is 0 Å². The Labute approximate surface area is 162 Å². The number of thiophene rings is 1. The third kappa shape index (κ3) is 3.80. The lowest BCUT2D eigenvalue weighted by Crippen LogP contribution is -2.44. The summed E-state index contributed by atoms with van der Waals surface area (Å²) >= 11 is 7.33. The van der Waals surface area contributed by atoms with Gasteiger partial charge in [0.2, 0.25) is 0 Å². The van der Waals surface area contributed by atoms with Crippen molar-refractivity contribution in [2.45, 2.75) is 25.8 Å². The van der Waals surface area contributed by atoms with Gasteiger partial charge in [0.05, 0.1) is 9.21 Å². The van der Waals surface area contributed by atoms with Crippen LogP contribution in [0.25, 0.3) is 0 Å². The van der Waals surface area contributed by atoms with Gasteiger partial charge in [0.15, 0.2) is 0 Å². The molecule has 1 atom stereocenters. The van der Waals surface area contributed by atoms with Crippen molar-refractivity contribution in [2.75, 3.05) is 26.2 Å². The number of amides is 1. The summed E-state index contributed by atoms with van der Waals surface area (Å²) in [6.45, 7) is 4.55. The van der Waals surface area contributed by atoms with Crippen LogP contribution in [-0.2, 0) is 6.54 Å². The molecule has 0 N–H and O–H groups in total. The highest BCUT2D eigenvalue weighted by atomic mass is 35.5. The largest absolute Gasteiger partial charge is 0.337 e. The van der Waals surface area contributed by atoms with Crippen LogP contribution in [0.4, 0.5) is 4.39 Å². The number of likely N-dealkylation sites (tertiary alicyclic amines) is 2. The van der Waals surface area contributed by atoms with E-state index in [2.05, 4.69) is 4.90 Å². The van der Waals surface area contributed by atoms with Crippen LogP contribution < -0.4 is 0 Å². The molecule has 1 unspecified atom stereocenters. The van der Waals surface area contributed by atoms with Gasteiger partial charge in [-0.15, -0.1) is 11.3 Å². The fourth-order valence-corrected chi connectivity index (χ4v) is 5.33. The zero-order chi connectivity index (χ0) is 18.1. The first-order chi connectivity index (χ1) is 12.5. The maximum atomic E-state index is 13.1. The van der Waals surface area contributed by atoms with Crippen LogP contribution in [0, 0.1) is 11.2 Å². The molecule has 2 fully saturated rings. The summed E-state index contributed by atoms with van der Waals surface area (Å²) in [6, 6.07) is 10.4. The fourth-order valence-electron chi connectivity index (χ4n) is 4.32. The molecule has 138 valence electrons. The normalized spacial score (nSPS) is 23.7. The summed E-state index contributed by atoms with van der Waals surface area (Å²) < 4.78 is 13.8. The molecule has 2 aliphatic rings. The van der Waals surface area contributed by atoms with E-state index in [9.17, 15) is 9.18 Å². The van der Waals surface area contributed by atoms with Crippen molar-refractivity contribution in [2.24, 2.45) is 5.41 Å². The van der Waals surface area contributed by atoms with Crippen molar-refractivity contribution in [1.82, 2.24) is 9.80 Å². The molecule has 2 saturated heterocycles. The number of nitrogens with zero attached hydrogens (tertiary/aromatic N) is 2. The van der Waals surface area contributed by atoms with E-state index in [1.54, 1.807) is 6.07 Å². The molecule has 2 aliphatic heterocycles. The molecule has 0 saturated carbocycles. The summed E-state index contributed by atoms with van der Waals surface area (Å²) in [7, 11) is 0. The Morgan fingerprint density at radius 3 is 2.65 bits per heavy atom. The predicted octanol–water partition coefficient (Wildman–Crippen LogP) is 4.67. The number of piperidine rings is 1. The Balaban J connectivity index is 1.40. The van der Waals surface area contributed by atoms with Gasteiger partial charge >= 0.3 is 0 Å². The summed E-state index contributed by atoms with van der Waals surface area (Å²) in [5, 5.41) is 0. The third-order valence-electron chi connectivity index (χ3n) is 5.57. The molecule has 1 aromatic carbocycles. The van der Waals surface area contributed by atoms with Gasteiger partial charge in [0.1, 0.15) is 5.82 Å². The summed E-state index contributed by atoms with van der Waals surface area (Å²) in [6.07, 6.45) is 3.37. The monoisotopic (exact) mass is 392 g/mol. The van der Waals surface area contributed by atoms with E-state index in [4.69, 9.17) is 11.6 Å². The number of benzene rings is 1. The van der Waals surface area contributed by atoms with Crippen molar-refractivity contribution < 1.29 is 9.18 Å². The maximum Gasteiger partial charge on any atom is 0.263 e. The van der Waals surface area contributed by atoms with Gasteiger partial charge in [-0.05, 0) is 55.6 Å². The molecule has 3 heterocycles. The Hall–Kier alpha value is -1.43. The summed E-state index contributed by atoms with van der Waals surface area (Å²) in [5.74, 6) is -0.0862. The van der Waals surface area contributed by atoms with Crippen molar-refractivity contribution in [1.29, 1.82) is 0 Å². The first-order valence-electron chi connectivity index (χ1n) is 9.04. The number of hydrogen-bond acceptors (Lipinski definition) is 3. The topological polar surface area (TPSA) is 23.6 Å². The average Bonchev–Trinajstić information content (AvgIpc) is 3.23. The first-order valence-corrected chi connectivity index (χ1v) is 10.2. The Morgan fingerprint density at radius 1 is 1.12 bits per heavy atom. The minimum atomic E-state index is -0.192. The predicted molar refractivity (Wildman–Crippen MR) is 103 cm³/mol. The number of halogens is 2. The van der Waals surface area contributed by atoms with E-state index in [0.29, 0.717) is 4.34 Å². The van der Waals surface area contributed by atoms with Crippen LogP contribution in [0.15, 0.2) is 36.4 Å². The quantitative estimate of drug-likeness (QED) is 0.757. The van der Waals surface area contributed by atoms with Gasteiger partial charge < -0.3 is 4.90 Å². The molecule has 6 heteroatoms. The fraction of sp³-hybridized carbons (Fsp3) is 0.450. The first kappa shape index (κ1) is 18.0. The van der Waals surface area contributed by atoms with E-state index >= 15 is 0 Å². The molecule has 0 radical (unpaired) electrons. The SMILES string of the molecule is O=C(c1ccc(Cl)s1)N1CCC2(CCCN(Cc3ccc(F)cc3)C2)C1. The average molecular weight is 393 g/mol. The van der Waals surface area contributed by atoms with Gasteiger partial charge in [-0.1, -0.05) is 23.7 Å². The second kappa shape index (κ2) is 7.29. The molecular formula is C20H22ClFN2OS. The van der Waals surface area contributed by atoms with Crippen molar-refractivity contribution in [3.8, 4) is 0 Å². The van der Waals surface area contributed by atoms with Crippen LogP contribution in [-0.4, -0.2) is 41.9 Å². The van der Waals surface area contributed by atoms with Crippen molar-refractivity contribution >= 4 is 28.8 Å². The molecule has 26 heavy (non-hydrogen) atoms. The lowest BCUT2D eigenvalue weighted by molar-refractivity contribution is 0.0679. The molecular weight excluding hydrogens is 371 g/mol. The Kier molecular flexibility index (Phi) is 5.04. The van der Waals surface area contributed by atoms with Gasteiger partial charge in [-0.2, -0.15) is 0 Å². The maximum absolute atomic E-state index is 13.1. The number of hydrogen-bond donors (Lipinski definition) is 0. The minimum Gasteiger partial charge on any atom is -0.337 e. The molecule has 4 rings (SSSR count). The van der Waals surface area contributed by atoms with Crippen LogP contribution >= 0.6 is 22.9 Å². The van der Waals surface area contributed by atoms with E-state index in [1.807, 2.05) is 23.1 Å². The number of carbonyl (C=O) groups excluding carboxylic acids is 1. The number of rotatable bonds is 3. The van der Waals surface area contributed by atoms with Crippen LogP contribution in [0.2, 0.25) is 4.34 Å².